The number of carbonyl (C=O) groups is 3. The minimum Gasteiger partial charge on any atom is -0.349 e. The summed E-state index contributed by atoms with van der Waals surface area (Å²) in [4.78, 5) is 31.9. The number of unbranched alkanes of at least 4 members (excludes halogenated alkanes) is 7. The van der Waals surface area contributed by atoms with Crippen LogP contribution in [0.3, 0.4) is 0 Å². The van der Waals surface area contributed by atoms with E-state index in [2.05, 4.69) is 5.32 Å². The van der Waals surface area contributed by atoms with Crippen molar-refractivity contribution >= 4 is 18.0 Å². The molecule has 4 heteroatoms. The van der Waals surface area contributed by atoms with Gasteiger partial charge in [0.15, 0.2) is 0 Å². The van der Waals surface area contributed by atoms with E-state index < -0.39 is 0 Å². The molecule has 0 aliphatic carbocycles. The van der Waals surface area contributed by atoms with Crippen LogP contribution < -0.4 is 5.32 Å². The standard InChI is InChI=1S/C15H27NO3.C2H6/c1-14(18)10-8-6-4-2-3-5-7-9-11-15(19)16-12-13-17;1-2/h13H,2-12H2,1H3,(H,16,19);1-2H3. The van der Waals surface area contributed by atoms with Gasteiger partial charge in [0.05, 0.1) is 6.54 Å². The molecule has 124 valence electrons. The zero-order chi connectivity index (χ0) is 16.3. The number of aldehydes is 1. The summed E-state index contributed by atoms with van der Waals surface area (Å²) < 4.78 is 0. The van der Waals surface area contributed by atoms with Crippen LogP contribution in [-0.4, -0.2) is 24.5 Å². The third-order valence-corrected chi connectivity index (χ3v) is 3.07. The summed E-state index contributed by atoms with van der Waals surface area (Å²) in [6, 6.07) is 0. The first-order chi connectivity index (χ1) is 10.2. The summed E-state index contributed by atoms with van der Waals surface area (Å²) in [5, 5.41) is 2.53. The maximum Gasteiger partial charge on any atom is 0.220 e. The SMILES string of the molecule is CC.CC(=O)CCCCCCCCCCC(=O)NCC=O. The van der Waals surface area contributed by atoms with Gasteiger partial charge in [-0.2, -0.15) is 0 Å². The smallest absolute Gasteiger partial charge is 0.220 e. The van der Waals surface area contributed by atoms with Gasteiger partial charge in [0.1, 0.15) is 12.1 Å². The summed E-state index contributed by atoms with van der Waals surface area (Å²) in [6.07, 6.45) is 10.9. The topological polar surface area (TPSA) is 63.2 Å². The van der Waals surface area contributed by atoms with E-state index in [-0.39, 0.29) is 18.2 Å². The van der Waals surface area contributed by atoms with Crippen molar-refractivity contribution in [2.75, 3.05) is 6.54 Å². The minimum atomic E-state index is -0.0312. The number of Topliss-reactive ketones (excluding diaryl/α,β-unsaturated/α-hetero) is 1. The maximum atomic E-state index is 11.2. The molecule has 0 fully saturated rings. The van der Waals surface area contributed by atoms with Gasteiger partial charge in [-0.05, 0) is 19.8 Å². The average Bonchev–Trinajstić information content (AvgIpc) is 2.48. The first-order valence-electron chi connectivity index (χ1n) is 8.36. The Kier molecular flexibility index (Phi) is 19.8. The van der Waals surface area contributed by atoms with Gasteiger partial charge in [0.25, 0.3) is 0 Å². The van der Waals surface area contributed by atoms with Gasteiger partial charge in [-0.1, -0.05) is 52.4 Å². The van der Waals surface area contributed by atoms with Crippen molar-refractivity contribution in [2.45, 2.75) is 85.0 Å². The van der Waals surface area contributed by atoms with E-state index in [1.807, 2.05) is 13.8 Å². The molecule has 0 bridgehead atoms. The summed E-state index contributed by atoms with van der Waals surface area (Å²) in [7, 11) is 0. The lowest BCUT2D eigenvalue weighted by Crippen LogP contribution is -2.24. The molecule has 1 N–H and O–H groups in total. The van der Waals surface area contributed by atoms with Crippen molar-refractivity contribution in [3.8, 4) is 0 Å². The van der Waals surface area contributed by atoms with Crippen molar-refractivity contribution in [1.82, 2.24) is 5.32 Å². The molecule has 0 saturated heterocycles. The molecule has 0 radical (unpaired) electrons. The fraction of sp³-hybridized carbons (Fsp3) is 0.824. The molecule has 0 rings (SSSR count). The molecule has 0 unspecified atom stereocenters. The molecule has 21 heavy (non-hydrogen) atoms. The molecule has 1 amide bonds. The molecule has 0 aromatic carbocycles. The summed E-state index contributed by atoms with van der Waals surface area (Å²) in [5.41, 5.74) is 0. The van der Waals surface area contributed by atoms with E-state index in [0.717, 1.165) is 38.5 Å². The Hall–Kier alpha value is -1.19. The Morgan fingerprint density at radius 3 is 1.67 bits per heavy atom. The van der Waals surface area contributed by atoms with Crippen LogP contribution in [0.2, 0.25) is 0 Å². The molecular formula is C17H33NO3. The molecule has 0 saturated carbocycles. The highest BCUT2D eigenvalue weighted by molar-refractivity contribution is 5.78. The van der Waals surface area contributed by atoms with Crippen LogP contribution >= 0.6 is 0 Å². The van der Waals surface area contributed by atoms with Gasteiger partial charge in [-0.3, -0.25) is 4.79 Å². The fourth-order valence-corrected chi connectivity index (χ4v) is 1.96. The lowest BCUT2D eigenvalue weighted by molar-refractivity contribution is -0.122. The van der Waals surface area contributed by atoms with Gasteiger partial charge in [-0.15, -0.1) is 0 Å². The molecule has 0 atom stereocenters. The highest BCUT2D eigenvalue weighted by Crippen LogP contribution is 2.10. The van der Waals surface area contributed by atoms with Crippen LogP contribution in [0.5, 0.6) is 0 Å². The number of carbonyl (C=O) groups excluding carboxylic acids is 3. The Morgan fingerprint density at radius 1 is 0.810 bits per heavy atom. The van der Waals surface area contributed by atoms with Crippen LogP contribution in [-0.2, 0) is 14.4 Å². The third kappa shape index (κ3) is 21.3. The second kappa shape index (κ2) is 18.8. The minimum absolute atomic E-state index is 0.0312. The van der Waals surface area contributed by atoms with E-state index in [9.17, 15) is 14.4 Å². The monoisotopic (exact) mass is 299 g/mol. The van der Waals surface area contributed by atoms with Crippen molar-refractivity contribution < 1.29 is 14.4 Å². The normalized spacial score (nSPS) is 9.48. The fourth-order valence-electron chi connectivity index (χ4n) is 1.96. The summed E-state index contributed by atoms with van der Waals surface area (Å²) in [5.74, 6) is 0.254. The molecular weight excluding hydrogens is 266 g/mol. The third-order valence-electron chi connectivity index (χ3n) is 3.07. The Balaban J connectivity index is 0. The predicted molar refractivity (Wildman–Crippen MR) is 87.3 cm³/mol. The largest absolute Gasteiger partial charge is 0.349 e. The maximum absolute atomic E-state index is 11.2. The van der Waals surface area contributed by atoms with Gasteiger partial charge < -0.3 is 14.9 Å². The second-order valence-electron chi connectivity index (χ2n) is 5.00. The second-order valence-corrected chi connectivity index (χ2v) is 5.00. The number of nitrogens with one attached hydrogen (secondary N) is 1. The zero-order valence-electron chi connectivity index (χ0n) is 14.1. The van der Waals surface area contributed by atoms with Gasteiger partial charge >= 0.3 is 0 Å². The van der Waals surface area contributed by atoms with Crippen LogP contribution in [0.15, 0.2) is 0 Å². The highest BCUT2D eigenvalue weighted by atomic mass is 16.2. The van der Waals surface area contributed by atoms with Crippen LogP contribution in [0.4, 0.5) is 0 Å². The lowest BCUT2D eigenvalue weighted by atomic mass is 10.1. The van der Waals surface area contributed by atoms with Crippen LogP contribution in [0.1, 0.15) is 85.0 Å². The molecule has 0 aromatic rings. The van der Waals surface area contributed by atoms with Gasteiger partial charge in [-0.25, -0.2) is 0 Å². The Labute approximate surface area is 130 Å². The number of hydrogen-bond donors (Lipinski definition) is 1. The number of rotatable bonds is 13. The van der Waals surface area contributed by atoms with E-state index >= 15 is 0 Å². The van der Waals surface area contributed by atoms with Crippen molar-refractivity contribution in [3.63, 3.8) is 0 Å². The van der Waals surface area contributed by atoms with E-state index in [4.69, 9.17) is 0 Å². The van der Waals surface area contributed by atoms with Gasteiger partial charge in [0.2, 0.25) is 5.91 Å². The van der Waals surface area contributed by atoms with Crippen molar-refractivity contribution in [3.05, 3.63) is 0 Å². The van der Waals surface area contributed by atoms with E-state index in [1.54, 1.807) is 6.92 Å². The molecule has 0 aliphatic rings. The number of amides is 1. The summed E-state index contributed by atoms with van der Waals surface area (Å²) >= 11 is 0. The highest BCUT2D eigenvalue weighted by Gasteiger charge is 1.99. The van der Waals surface area contributed by atoms with E-state index in [0.29, 0.717) is 12.7 Å². The van der Waals surface area contributed by atoms with Crippen molar-refractivity contribution in [1.29, 1.82) is 0 Å². The molecule has 0 heterocycles. The molecule has 0 aliphatic heterocycles. The first kappa shape index (κ1) is 22.1. The van der Waals surface area contributed by atoms with Crippen LogP contribution in [0, 0.1) is 0 Å². The quantitative estimate of drug-likeness (QED) is 0.415. The molecule has 4 nitrogen and oxygen atoms in total. The number of hydrogen-bond acceptors (Lipinski definition) is 3. The van der Waals surface area contributed by atoms with Crippen molar-refractivity contribution in [2.24, 2.45) is 0 Å². The molecule has 0 spiro atoms. The first-order valence-corrected chi connectivity index (χ1v) is 8.36. The zero-order valence-corrected chi connectivity index (χ0v) is 14.1. The lowest BCUT2D eigenvalue weighted by Gasteiger charge is -2.02. The Morgan fingerprint density at radius 2 is 1.24 bits per heavy atom. The van der Waals surface area contributed by atoms with E-state index in [1.165, 1.54) is 19.3 Å². The predicted octanol–water partition coefficient (Wildman–Crippen LogP) is 3.82. The molecule has 0 aromatic heterocycles. The number of ketones is 1. The van der Waals surface area contributed by atoms with Gasteiger partial charge in [0, 0.05) is 12.8 Å². The van der Waals surface area contributed by atoms with Crippen LogP contribution in [0.25, 0.3) is 0 Å². The summed E-state index contributed by atoms with van der Waals surface area (Å²) in [6.45, 7) is 5.77. The average molecular weight is 299 g/mol. The Bertz CT molecular complexity index is 265.